The zero-order valence-corrected chi connectivity index (χ0v) is 10.2. The van der Waals surface area contributed by atoms with E-state index in [1.807, 2.05) is 0 Å². The van der Waals surface area contributed by atoms with E-state index in [1.165, 1.54) is 0 Å². The first-order valence-corrected chi connectivity index (χ1v) is 6.00. The predicted octanol–water partition coefficient (Wildman–Crippen LogP) is 1.99. The first-order valence-electron chi connectivity index (χ1n) is 5.25. The SMILES string of the molecule is OCC1CCN(c2cc(Cl)nc(Cl)n2)CC1. The Hall–Kier alpha value is -0.580. The van der Waals surface area contributed by atoms with E-state index in [9.17, 15) is 0 Å². The van der Waals surface area contributed by atoms with Gasteiger partial charge in [0.1, 0.15) is 11.0 Å². The maximum atomic E-state index is 9.05. The molecule has 1 aromatic heterocycles. The zero-order valence-electron chi connectivity index (χ0n) is 8.74. The summed E-state index contributed by atoms with van der Waals surface area (Å²) in [5, 5.41) is 9.58. The topological polar surface area (TPSA) is 49.2 Å². The van der Waals surface area contributed by atoms with Crippen molar-refractivity contribution in [3.05, 3.63) is 16.5 Å². The van der Waals surface area contributed by atoms with Crippen LogP contribution in [-0.2, 0) is 0 Å². The fourth-order valence-corrected chi connectivity index (χ4v) is 2.28. The molecule has 0 aromatic carbocycles. The van der Waals surface area contributed by atoms with Gasteiger partial charge in [0, 0.05) is 25.8 Å². The molecule has 0 bridgehead atoms. The molecule has 0 saturated carbocycles. The van der Waals surface area contributed by atoms with E-state index in [-0.39, 0.29) is 11.9 Å². The Bertz CT molecular complexity index is 347. The van der Waals surface area contributed by atoms with Crippen LogP contribution in [0.1, 0.15) is 12.8 Å². The van der Waals surface area contributed by atoms with Crippen molar-refractivity contribution in [2.75, 3.05) is 24.6 Å². The first kappa shape index (κ1) is 11.9. The van der Waals surface area contributed by atoms with Gasteiger partial charge in [0.05, 0.1) is 0 Å². The number of halogens is 2. The van der Waals surface area contributed by atoms with Crippen LogP contribution < -0.4 is 4.90 Å². The summed E-state index contributed by atoms with van der Waals surface area (Å²) in [6, 6.07) is 1.71. The van der Waals surface area contributed by atoms with Crippen molar-refractivity contribution in [2.24, 2.45) is 5.92 Å². The van der Waals surface area contributed by atoms with Gasteiger partial charge in [0.25, 0.3) is 0 Å². The van der Waals surface area contributed by atoms with Gasteiger partial charge < -0.3 is 10.0 Å². The molecule has 1 aliphatic heterocycles. The van der Waals surface area contributed by atoms with Crippen LogP contribution in [0.5, 0.6) is 0 Å². The predicted molar refractivity (Wildman–Crippen MR) is 64.1 cm³/mol. The molecule has 1 aliphatic rings. The normalized spacial score (nSPS) is 17.8. The van der Waals surface area contributed by atoms with Crippen molar-refractivity contribution in [2.45, 2.75) is 12.8 Å². The summed E-state index contributed by atoms with van der Waals surface area (Å²) in [5.41, 5.74) is 0. The van der Waals surface area contributed by atoms with Gasteiger partial charge in [-0.15, -0.1) is 0 Å². The van der Waals surface area contributed by atoms with Crippen molar-refractivity contribution in [3.63, 3.8) is 0 Å². The monoisotopic (exact) mass is 261 g/mol. The van der Waals surface area contributed by atoms with Gasteiger partial charge in [-0.25, -0.2) is 9.97 Å². The third kappa shape index (κ3) is 2.75. The summed E-state index contributed by atoms with van der Waals surface area (Å²) < 4.78 is 0. The van der Waals surface area contributed by atoms with E-state index in [4.69, 9.17) is 28.3 Å². The first-order chi connectivity index (χ1) is 7.69. The molecule has 1 saturated heterocycles. The van der Waals surface area contributed by atoms with Crippen LogP contribution in [0.2, 0.25) is 10.4 Å². The number of aromatic nitrogens is 2. The molecular formula is C10H13Cl2N3O. The average Bonchev–Trinajstić information content (AvgIpc) is 2.28. The Morgan fingerprint density at radius 1 is 1.31 bits per heavy atom. The van der Waals surface area contributed by atoms with E-state index in [0.717, 1.165) is 31.7 Å². The lowest BCUT2D eigenvalue weighted by Gasteiger charge is -2.31. The number of nitrogens with zero attached hydrogens (tertiary/aromatic N) is 3. The molecule has 0 unspecified atom stereocenters. The van der Waals surface area contributed by atoms with E-state index in [1.54, 1.807) is 6.07 Å². The number of anilines is 1. The fourth-order valence-electron chi connectivity index (χ4n) is 1.89. The molecule has 2 heterocycles. The highest BCUT2D eigenvalue weighted by Crippen LogP contribution is 2.24. The van der Waals surface area contributed by atoms with Gasteiger partial charge >= 0.3 is 0 Å². The van der Waals surface area contributed by atoms with Crippen LogP contribution in [0.4, 0.5) is 5.82 Å². The molecule has 4 nitrogen and oxygen atoms in total. The van der Waals surface area contributed by atoms with Crippen LogP contribution in [0.25, 0.3) is 0 Å². The Balaban J connectivity index is 2.08. The maximum absolute atomic E-state index is 9.05. The smallest absolute Gasteiger partial charge is 0.225 e. The third-order valence-electron chi connectivity index (χ3n) is 2.85. The molecule has 1 fully saturated rings. The molecule has 1 aromatic rings. The van der Waals surface area contributed by atoms with Crippen molar-refractivity contribution < 1.29 is 5.11 Å². The fraction of sp³-hybridized carbons (Fsp3) is 0.600. The minimum absolute atomic E-state index is 0.173. The highest BCUT2D eigenvalue weighted by atomic mass is 35.5. The van der Waals surface area contributed by atoms with Crippen LogP contribution >= 0.6 is 23.2 Å². The Morgan fingerprint density at radius 2 is 2.00 bits per heavy atom. The number of aliphatic hydroxyl groups is 1. The molecule has 0 amide bonds. The van der Waals surface area contributed by atoms with Crippen molar-refractivity contribution in [1.29, 1.82) is 0 Å². The second-order valence-corrected chi connectivity index (χ2v) is 4.66. The lowest BCUT2D eigenvalue weighted by atomic mass is 9.98. The second kappa shape index (κ2) is 5.17. The zero-order chi connectivity index (χ0) is 11.5. The number of aliphatic hydroxyl groups excluding tert-OH is 1. The van der Waals surface area contributed by atoms with Crippen LogP contribution in [-0.4, -0.2) is 34.8 Å². The Labute approximate surface area is 104 Å². The minimum atomic E-state index is 0.173. The minimum Gasteiger partial charge on any atom is -0.396 e. The van der Waals surface area contributed by atoms with E-state index < -0.39 is 0 Å². The largest absolute Gasteiger partial charge is 0.396 e. The van der Waals surface area contributed by atoms with Crippen LogP contribution in [0, 0.1) is 5.92 Å². The molecule has 2 rings (SSSR count). The van der Waals surface area contributed by atoms with E-state index >= 15 is 0 Å². The Kier molecular flexibility index (Phi) is 3.84. The van der Waals surface area contributed by atoms with E-state index in [0.29, 0.717) is 11.1 Å². The number of piperidine rings is 1. The van der Waals surface area contributed by atoms with Gasteiger partial charge in [-0.2, -0.15) is 0 Å². The van der Waals surface area contributed by atoms with Crippen molar-refractivity contribution >= 4 is 29.0 Å². The van der Waals surface area contributed by atoms with Gasteiger partial charge in [0.2, 0.25) is 5.28 Å². The van der Waals surface area contributed by atoms with Crippen molar-refractivity contribution in [1.82, 2.24) is 9.97 Å². The summed E-state index contributed by atoms with van der Waals surface area (Å²) >= 11 is 11.6. The molecule has 1 N–H and O–H groups in total. The standard InChI is InChI=1S/C10H13Cl2N3O/c11-8-5-9(14-10(12)13-8)15-3-1-7(6-16)2-4-15/h5,7,16H,1-4,6H2. The molecule has 0 radical (unpaired) electrons. The summed E-state index contributed by atoms with van der Waals surface area (Å²) in [7, 11) is 0. The van der Waals surface area contributed by atoms with E-state index in [2.05, 4.69) is 14.9 Å². The van der Waals surface area contributed by atoms with Crippen LogP contribution in [0.3, 0.4) is 0 Å². The molecule has 0 spiro atoms. The highest BCUT2D eigenvalue weighted by Gasteiger charge is 2.20. The summed E-state index contributed by atoms with van der Waals surface area (Å²) in [6.07, 6.45) is 1.94. The summed E-state index contributed by atoms with van der Waals surface area (Å²) in [5.74, 6) is 1.17. The maximum Gasteiger partial charge on any atom is 0.225 e. The third-order valence-corrected chi connectivity index (χ3v) is 3.21. The number of hydrogen-bond acceptors (Lipinski definition) is 4. The molecule has 0 atom stereocenters. The van der Waals surface area contributed by atoms with Crippen molar-refractivity contribution in [3.8, 4) is 0 Å². The van der Waals surface area contributed by atoms with Gasteiger partial charge in [-0.1, -0.05) is 11.6 Å². The molecular weight excluding hydrogens is 249 g/mol. The number of rotatable bonds is 2. The lowest BCUT2D eigenvalue weighted by Crippen LogP contribution is -2.35. The summed E-state index contributed by atoms with van der Waals surface area (Å²) in [4.78, 5) is 10.1. The second-order valence-electron chi connectivity index (χ2n) is 3.93. The van der Waals surface area contributed by atoms with Gasteiger partial charge in [0.15, 0.2) is 0 Å². The Morgan fingerprint density at radius 3 is 2.56 bits per heavy atom. The molecule has 6 heteroatoms. The molecule has 88 valence electrons. The quantitative estimate of drug-likeness (QED) is 0.654. The number of hydrogen-bond donors (Lipinski definition) is 1. The molecule has 0 aliphatic carbocycles. The van der Waals surface area contributed by atoms with Crippen LogP contribution in [0.15, 0.2) is 6.07 Å². The van der Waals surface area contributed by atoms with Gasteiger partial charge in [-0.05, 0) is 30.4 Å². The van der Waals surface area contributed by atoms with Gasteiger partial charge in [-0.3, -0.25) is 0 Å². The summed E-state index contributed by atoms with van der Waals surface area (Å²) in [6.45, 7) is 2.00. The average molecular weight is 262 g/mol. The highest BCUT2D eigenvalue weighted by molar-refractivity contribution is 6.32. The molecule has 16 heavy (non-hydrogen) atoms. The lowest BCUT2D eigenvalue weighted by molar-refractivity contribution is 0.203.